The summed E-state index contributed by atoms with van der Waals surface area (Å²) in [6.07, 6.45) is 5.56. The summed E-state index contributed by atoms with van der Waals surface area (Å²) in [7, 11) is 0. The summed E-state index contributed by atoms with van der Waals surface area (Å²) >= 11 is 5.91. The Labute approximate surface area is 188 Å². The van der Waals surface area contributed by atoms with E-state index in [2.05, 4.69) is 38.9 Å². The highest BCUT2D eigenvalue weighted by Crippen LogP contribution is 2.23. The molecule has 0 aromatic carbocycles. The van der Waals surface area contributed by atoms with Gasteiger partial charge in [-0.2, -0.15) is 0 Å². The molecule has 0 saturated carbocycles. The molecule has 4 rings (SSSR count). The van der Waals surface area contributed by atoms with E-state index < -0.39 is 0 Å². The van der Waals surface area contributed by atoms with Gasteiger partial charge in [-0.1, -0.05) is 17.7 Å². The largest absolute Gasteiger partial charge is 0.372 e. The van der Waals surface area contributed by atoms with E-state index in [0.717, 1.165) is 56.2 Å². The van der Waals surface area contributed by atoms with E-state index in [4.69, 9.17) is 16.3 Å². The summed E-state index contributed by atoms with van der Waals surface area (Å²) in [5.41, 5.74) is 1.01. The van der Waals surface area contributed by atoms with Crippen molar-refractivity contribution in [1.82, 2.24) is 15.3 Å². The number of rotatable bonds is 5. The number of halogens is 1. The van der Waals surface area contributed by atoms with Crippen molar-refractivity contribution >= 4 is 29.1 Å². The molecule has 0 bridgehead atoms. The van der Waals surface area contributed by atoms with Gasteiger partial charge in [0.1, 0.15) is 11.6 Å². The minimum absolute atomic E-state index is 0.0344. The number of nitrogens with one attached hydrogen (secondary N) is 1. The first kappa shape index (κ1) is 21.8. The first-order valence-electron chi connectivity index (χ1n) is 11.0. The predicted molar refractivity (Wildman–Crippen MR) is 122 cm³/mol. The lowest BCUT2D eigenvalue weighted by atomic mass is 9.96. The maximum Gasteiger partial charge on any atom is 0.223 e. The number of hydrogen-bond donors (Lipinski definition) is 1. The molecule has 8 heteroatoms. The second-order valence-electron chi connectivity index (χ2n) is 8.50. The number of pyridine rings is 2. The number of hydrogen-bond acceptors (Lipinski definition) is 6. The Morgan fingerprint density at radius 1 is 1.03 bits per heavy atom. The van der Waals surface area contributed by atoms with E-state index in [1.54, 1.807) is 6.20 Å². The molecule has 2 aromatic heterocycles. The van der Waals surface area contributed by atoms with Crippen molar-refractivity contribution in [3.8, 4) is 0 Å². The summed E-state index contributed by atoms with van der Waals surface area (Å²) in [5, 5.41) is 3.71. The number of anilines is 2. The van der Waals surface area contributed by atoms with Crippen LogP contribution in [0.4, 0.5) is 11.6 Å². The maximum absolute atomic E-state index is 12.6. The first-order valence-corrected chi connectivity index (χ1v) is 11.4. The van der Waals surface area contributed by atoms with Gasteiger partial charge in [-0.15, -0.1) is 0 Å². The van der Waals surface area contributed by atoms with E-state index in [1.165, 1.54) is 0 Å². The fraction of sp³-hybridized carbons (Fsp3) is 0.522. The quantitative estimate of drug-likeness (QED) is 0.764. The normalized spacial score (nSPS) is 22.4. The Balaban J connectivity index is 1.24. The Hall–Kier alpha value is -2.38. The number of carbonyl (C=O) groups is 1. The lowest BCUT2D eigenvalue weighted by Gasteiger charge is -2.36. The second kappa shape index (κ2) is 9.83. The number of ether oxygens (including phenoxy) is 1. The van der Waals surface area contributed by atoms with Crippen molar-refractivity contribution in [2.75, 3.05) is 36.0 Å². The van der Waals surface area contributed by atoms with Crippen molar-refractivity contribution in [2.24, 2.45) is 5.92 Å². The Kier molecular flexibility index (Phi) is 6.92. The molecule has 166 valence electrons. The van der Waals surface area contributed by atoms with Crippen LogP contribution in [0.1, 0.15) is 32.3 Å². The van der Waals surface area contributed by atoms with Gasteiger partial charge in [-0.25, -0.2) is 9.97 Å². The molecule has 2 fully saturated rings. The summed E-state index contributed by atoms with van der Waals surface area (Å²) in [5.74, 6) is 2.02. The molecular weight excluding hydrogens is 414 g/mol. The molecule has 31 heavy (non-hydrogen) atoms. The van der Waals surface area contributed by atoms with Crippen LogP contribution in [0, 0.1) is 5.92 Å². The summed E-state index contributed by atoms with van der Waals surface area (Å²) in [6, 6.07) is 7.85. The molecule has 2 atom stereocenters. The lowest BCUT2D eigenvalue weighted by molar-refractivity contribution is -0.125. The van der Waals surface area contributed by atoms with Gasteiger partial charge in [-0.3, -0.25) is 4.79 Å². The first-order chi connectivity index (χ1) is 15.0. The third-order valence-electron chi connectivity index (χ3n) is 5.92. The fourth-order valence-corrected chi connectivity index (χ4v) is 4.44. The van der Waals surface area contributed by atoms with Crippen LogP contribution in [-0.2, 0) is 16.1 Å². The molecule has 7 nitrogen and oxygen atoms in total. The SMILES string of the molecule is CC1CN(c2ccc(CNC(=O)C3CCN(c4ccc(Cl)cn4)CC3)cn2)CC(C)O1. The van der Waals surface area contributed by atoms with Crippen molar-refractivity contribution in [3.05, 3.63) is 47.2 Å². The lowest BCUT2D eigenvalue weighted by Crippen LogP contribution is -2.45. The minimum Gasteiger partial charge on any atom is -0.372 e. The van der Waals surface area contributed by atoms with Crippen LogP contribution >= 0.6 is 11.6 Å². The molecule has 2 saturated heterocycles. The van der Waals surface area contributed by atoms with Crippen LogP contribution in [-0.4, -0.2) is 54.3 Å². The van der Waals surface area contributed by atoms with E-state index in [-0.39, 0.29) is 24.0 Å². The Morgan fingerprint density at radius 3 is 2.29 bits per heavy atom. The number of carbonyl (C=O) groups excluding carboxylic acids is 1. The molecular formula is C23H30ClN5O2. The van der Waals surface area contributed by atoms with E-state index in [9.17, 15) is 4.79 Å². The molecule has 2 aliphatic rings. The standard InChI is InChI=1S/C23H30ClN5O2/c1-16-14-29(15-17(2)31-16)22-5-3-18(11-25-22)12-27-23(30)19-7-9-28(10-8-19)21-6-4-20(24)13-26-21/h3-6,11,13,16-17,19H,7-10,12,14-15H2,1-2H3,(H,27,30). The monoisotopic (exact) mass is 443 g/mol. The van der Waals surface area contributed by atoms with Gasteiger partial charge in [-0.05, 0) is 50.5 Å². The van der Waals surface area contributed by atoms with Crippen molar-refractivity contribution in [3.63, 3.8) is 0 Å². The van der Waals surface area contributed by atoms with Gasteiger partial charge in [0, 0.05) is 51.0 Å². The zero-order chi connectivity index (χ0) is 21.8. The van der Waals surface area contributed by atoms with E-state index >= 15 is 0 Å². The van der Waals surface area contributed by atoms with Gasteiger partial charge in [0.25, 0.3) is 0 Å². The van der Waals surface area contributed by atoms with Gasteiger partial charge < -0.3 is 19.9 Å². The van der Waals surface area contributed by atoms with E-state index in [0.29, 0.717) is 11.6 Å². The zero-order valence-corrected chi connectivity index (χ0v) is 18.9. The van der Waals surface area contributed by atoms with Gasteiger partial charge in [0.05, 0.1) is 17.2 Å². The molecule has 2 aromatic rings. The molecule has 0 spiro atoms. The van der Waals surface area contributed by atoms with Crippen molar-refractivity contribution in [1.29, 1.82) is 0 Å². The molecule has 0 aliphatic carbocycles. The number of morpholine rings is 1. The van der Waals surface area contributed by atoms with Crippen molar-refractivity contribution in [2.45, 2.75) is 45.4 Å². The number of aromatic nitrogens is 2. The summed E-state index contributed by atoms with van der Waals surface area (Å²) in [6.45, 7) is 8.00. The smallest absolute Gasteiger partial charge is 0.223 e. The van der Waals surface area contributed by atoms with Crippen molar-refractivity contribution < 1.29 is 9.53 Å². The Bertz CT molecular complexity index is 859. The molecule has 2 aliphatic heterocycles. The number of piperidine rings is 1. The number of nitrogens with zero attached hydrogens (tertiary/aromatic N) is 4. The second-order valence-corrected chi connectivity index (χ2v) is 8.94. The molecule has 2 unspecified atom stereocenters. The van der Waals surface area contributed by atoms with Crippen LogP contribution in [0.15, 0.2) is 36.7 Å². The average Bonchev–Trinajstić information content (AvgIpc) is 2.78. The Morgan fingerprint density at radius 2 is 1.68 bits per heavy atom. The molecule has 4 heterocycles. The van der Waals surface area contributed by atoms with E-state index in [1.807, 2.05) is 30.5 Å². The topological polar surface area (TPSA) is 70.6 Å². The fourth-order valence-electron chi connectivity index (χ4n) is 4.33. The van der Waals surface area contributed by atoms with Gasteiger partial charge in [0.15, 0.2) is 0 Å². The highest BCUT2D eigenvalue weighted by molar-refractivity contribution is 6.30. The molecule has 1 N–H and O–H groups in total. The van der Waals surface area contributed by atoms with Gasteiger partial charge in [0.2, 0.25) is 5.91 Å². The van der Waals surface area contributed by atoms with Gasteiger partial charge >= 0.3 is 0 Å². The maximum atomic E-state index is 12.6. The predicted octanol–water partition coefficient (Wildman–Crippen LogP) is 3.28. The average molecular weight is 444 g/mol. The van der Waals surface area contributed by atoms with Crippen LogP contribution in [0.25, 0.3) is 0 Å². The molecule has 0 radical (unpaired) electrons. The number of amides is 1. The molecule has 1 amide bonds. The zero-order valence-electron chi connectivity index (χ0n) is 18.1. The highest BCUT2D eigenvalue weighted by Gasteiger charge is 2.26. The third kappa shape index (κ3) is 5.66. The van der Waals surface area contributed by atoms with Crippen LogP contribution in [0.2, 0.25) is 5.02 Å². The summed E-state index contributed by atoms with van der Waals surface area (Å²) < 4.78 is 5.79. The highest BCUT2D eigenvalue weighted by atomic mass is 35.5. The van der Waals surface area contributed by atoms with Crippen LogP contribution in [0.5, 0.6) is 0 Å². The van der Waals surface area contributed by atoms with Crippen LogP contribution in [0.3, 0.4) is 0 Å². The summed E-state index contributed by atoms with van der Waals surface area (Å²) in [4.78, 5) is 26.1. The third-order valence-corrected chi connectivity index (χ3v) is 6.14. The minimum atomic E-state index is 0.0344. The van der Waals surface area contributed by atoms with Crippen LogP contribution < -0.4 is 15.1 Å².